The van der Waals surface area contributed by atoms with Crippen LogP contribution in [0.3, 0.4) is 0 Å². The molecule has 0 bridgehead atoms. The van der Waals surface area contributed by atoms with Gasteiger partial charge < -0.3 is 0 Å². The number of anilines is 1. The Morgan fingerprint density at radius 2 is 1.55 bits per heavy atom. The average molecular weight is 460 g/mol. The maximum absolute atomic E-state index is 12.3. The van der Waals surface area contributed by atoms with Crippen molar-refractivity contribution >= 4 is 70.8 Å². The molecule has 0 fully saturated rings. The monoisotopic (exact) mass is 457 g/mol. The fraction of sp³-hybridized carbons (Fsp3) is 0. The molecule has 3 nitrogen and oxygen atoms in total. The molecule has 2 aromatic rings. The van der Waals surface area contributed by atoms with Crippen LogP contribution in [-0.2, 0) is 10.0 Å². The molecule has 0 saturated carbocycles. The standard InChI is InChI=1S/C12H7Br2Cl2NO2S/c13-7-2-1-3-9(4-7)20(18,19)17-12-10(15)5-8(14)6-11(12)16/h1-6,17H. The number of hydrogen-bond acceptors (Lipinski definition) is 2. The lowest BCUT2D eigenvalue weighted by molar-refractivity contribution is 0.601. The topological polar surface area (TPSA) is 46.2 Å². The zero-order chi connectivity index (χ0) is 14.9. The molecule has 2 aromatic carbocycles. The van der Waals surface area contributed by atoms with Crippen LogP contribution >= 0.6 is 55.1 Å². The Kier molecular flexibility index (Phi) is 5.02. The van der Waals surface area contributed by atoms with E-state index in [-0.39, 0.29) is 20.6 Å². The van der Waals surface area contributed by atoms with Crippen LogP contribution in [0.5, 0.6) is 0 Å². The Labute approximate surface area is 143 Å². The zero-order valence-electron chi connectivity index (χ0n) is 9.70. The van der Waals surface area contributed by atoms with Crippen molar-refractivity contribution in [2.75, 3.05) is 4.72 Å². The molecule has 1 N–H and O–H groups in total. The van der Waals surface area contributed by atoms with Gasteiger partial charge >= 0.3 is 0 Å². The third kappa shape index (κ3) is 3.68. The van der Waals surface area contributed by atoms with Gasteiger partial charge in [0.25, 0.3) is 10.0 Å². The summed E-state index contributed by atoms with van der Waals surface area (Å²) in [4.78, 5) is 0.113. The molecule has 0 amide bonds. The van der Waals surface area contributed by atoms with E-state index < -0.39 is 10.0 Å². The van der Waals surface area contributed by atoms with E-state index in [1.807, 2.05) is 0 Å². The molecule has 0 atom stereocenters. The van der Waals surface area contributed by atoms with Gasteiger partial charge in [-0.05, 0) is 30.3 Å². The van der Waals surface area contributed by atoms with Crippen LogP contribution in [0.2, 0.25) is 10.0 Å². The van der Waals surface area contributed by atoms with Crippen molar-refractivity contribution in [3.63, 3.8) is 0 Å². The van der Waals surface area contributed by atoms with Gasteiger partial charge in [-0.25, -0.2) is 8.42 Å². The lowest BCUT2D eigenvalue weighted by Crippen LogP contribution is -2.13. The second-order valence-electron chi connectivity index (χ2n) is 3.81. The van der Waals surface area contributed by atoms with Gasteiger partial charge in [-0.2, -0.15) is 0 Å². The molecule has 2 rings (SSSR count). The van der Waals surface area contributed by atoms with E-state index in [0.717, 1.165) is 0 Å². The summed E-state index contributed by atoms with van der Waals surface area (Å²) < 4.78 is 28.3. The van der Waals surface area contributed by atoms with Crippen LogP contribution in [-0.4, -0.2) is 8.42 Å². The van der Waals surface area contributed by atoms with Crippen molar-refractivity contribution < 1.29 is 8.42 Å². The Balaban J connectivity index is 2.44. The highest BCUT2D eigenvalue weighted by atomic mass is 79.9. The summed E-state index contributed by atoms with van der Waals surface area (Å²) in [5.41, 5.74) is 0.150. The van der Waals surface area contributed by atoms with Gasteiger partial charge in [-0.15, -0.1) is 0 Å². The molecule has 0 aliphatic heterocycles. The Bertz CT molecular complexity index is 743. The maximum atomic E-state index is 12.3. The van der Waals surface area contributed by atoms with Crippen LogP contribution in [0.25, 0.3) is 0 Å². The van der Waals surface area contributed by atoms with Crippen LogP contribution < -0.4 is 4.72 Å². The third-order valence-corrected chi connectivity index (χ3v) is 5.24. The molecule has 106 valence electrons. The van der Waals surface area contributed by atoms with E-state index in [1.54, 1.807) is 24.3 Å². The van der Waals surface area contributed by atoms with Gasteiger partial charge in [0, 0.05) is 8.95 Å². The van der Waals surface area contributed by atoms with Gasteiger partial charge in [0.1, 0.15) is 0 Å². The van der Waals surface area contributed by atoms with E-state index in [4.69, 9.17) is 23.2 Å². The van der Waals surface area contributed by atoms with E-state index in [1.165, 1.54) is 12.1 Å². The number of nitrogens with one attached hydrogen (secondary N) is 1. The summed E-state index contributed by atoms with van der Waals surface area (Å²) in [5, 5.41) is 0.422. The van der Waals surface area contributed by atoms with E-state index in [0.29, 0.717) is 8.95 Å². The van der Waals surface area contributed by atoms with Gasteiger partial charge in [-0.3, -0.25) is 4.72 Å². The smallest absolute Gasteiger partial charge is 0.262 e. The van der Waals surface area contributed by atoms with E-state index >= 15 is 0 Å². The molecule has 0 spiro atoms. The summed E-state index contributed by atoms with van der Waals surface area (Å²) in [6.07, 6.45) is 0. The molecule has 0 aliphatic rings. The van der Waals surface area contributed by atoms with Gasteiger partial charge in [0.05, 0.1) is 20.6 Å². The predicted molar refractivity (Wildman–Crippen MR) is 89.1 cm³/mol. The summed E-state index contributed by atoms with van der Waals surface area (Å²) >= 11 is 18.5. The van der Waals surface area contributed by atoms with Gasteiger partial charge in [0.2, 0.25) is 0 Å². The van der Waals surface area contributed by atoms with Gasteiger partial charge in [-0.1, -0.05) is 61.1 Å². The van der Waals surface area contributed by atoms with Crippen LogP contribution in [0.15, 0.2) is 50.2 Å². The first-order chi connectivity index (χ1) is 9.29. The summed E-state index contributed by atoms with van der Waals surface area (Å²) in [7, 11) is -3.76. The molecular formula is C12H7Br2Cl2NO2S. The largest absolute Gasteiger partial charge is 0.277 e. The molecule has 0 saturated heterocycles. The Hall–Kier alpha value is -0.270. The molecule has 0 aliphatic carbocycles. The second kappa shape index (κ2) is 6.23. The fourth-order valence-electron chi connectivity index (χ4n) is 1.47. The summed E-state index contributed by atoms with van der Waals surface area (Å²) in [6.45, 7) is 0. The lowest BCUT2D eigenvalue weighted by atomic mass is 10.3. The third-order valence-electron chi connectivity index (χ3n) is 2.35. The molecular weight excluding hydrogens is 453 g/mol. The minimum atomic E-state index is -3.76. The highest BCUT2D eigenvalue weighted by Gasteiger charge is 2.18. The highest BCUT2D eigenvalue weighted by Crippen LogP contribution is 2.35. The van der Waals surface area contributed by atoms with Crippen LogP contribution in [0.1, 0.15) is 0 Å². The quantitative estimate of drug-likeness (QED) is 0.675. The van der Waals surface area contributed by atoms with Crippen LogP contribution in [0.4, 0.5) is 5.69 Å². The number of sulfonamides is 1. The molecule has 0 heterocycles. The minimum Gasteiger partial charge on any atom is -0.277 e. The van der Waals surface area contributed by atoms with Crippen molar-refractivity contribution in [3.05, 3.63) is 55.4 Å². The van der Waals surface area contributed by atoms with E-state index in [2.05, 4.69) is 36.6 Å². The number of benzene rings is 2. The molecule has 20 heavy (non-hydrogen) atoms. The summed E-state index contributed by atoms with van der Waals surface area (Å²) in [6, 6.07) is 9.46. The average Bonchev–Trinajstić information content (AvgIpc) is 2.34. The van der Waals surface area contributed by atoms with Crippen LogP contribution in [0, 0.1) is 0 Å². The Morgan fingerprint density at radius 3 is 2.10 bits per heavy atom. The first-order valence-corrected chi connectivity index (χ1v) is 9.05. The maximum Gasteiger partial charge on any atom is 0.262 e. The van der Waals surface area contributed by atoms with Gasteiger partial charge in [0.15, 0.2) is 0 Å². The highest BCUT2D eigenvalue weighted by molar-refractivity contribution is 9.10. The summed E-state index contributed by atoms with van der Waals surface area (Å²) in [5.74, 6) is 0. The lowest BCUT2D eigenvalue weighted by Gasteiger charge is -2.12. The molecule has 8 heteroatoms. The second-order valence-corrected chi connectivity index (χ2v) is 8.14. The van der Waals surface area contributed by atoms with Crippen molar-refractivity contribution in [1.29, 1.82) is 0 Å². The zero-order valence-corrected chi connectivity index (χ0v) is 15.2. The fourth-order valence-corrected chi connectivity index (χ4v) is 4.58. The van der Waals surface area contributed by atoms with Crippen molar-refractivity contribution in [1.82, 2.24) is 0 Å². The molecule has 0 aromatic heterocycles. The first kappa shape index (κ1) is 16.1. The predicted octanol–water partition coefficient (Wildman–Crippen LogP) is 5.32. The van der Waals surface area contributed by atoms with Crippen molar-refractivity contribution in [2.24, 2.45) is 0 Å². The first-order valence-electron chi connectivity index (χ1n) is 5.22. The minimum absolute atomic E-state index is 0.113. The number of rotatable bonds is 3. The Morgan fingerprint density at radius 1 is 0.950 bits per heavy atom. The number of halogens is 4. The molecule has 0 unspecified atom stereocenters. The molecule has 0 radical (unpaired) electrons. The van der Waals surface area contributed by atoms with E-state index in [9.17, 15) is 8.42 Å². The normalized spacial score (nSPS) is 11.4. The number of hydrogen-bond donors (Lipinski definition) is 1. The van der Waals surface area contributed by atoms with Crippen molar-refractivity contribution in [2.45, 2.75) is 4.90 Å². The van der Waals surface area contributed by atoms with Crippen molar-refractivity contribution in [3.8, 4) is 0 Å². The SMILES string of the molecule is O=S(=O)(Nc1c(Cl)cc(Br)cc1Cl)c1cccc(Br)c1.